The summed E-state index contributed by atoms with van der Waals surface area (Å²) in [5.74, 6) is 0. The molecule has 0 aliphatic heterocycles. The predicted molar refractivity (Wildman–Crippen MR) is 41.1 cm³/mol. The minimum Gasteiger partial charge on any atom is -0.400 e. The van der Waals surface area contributed by atoms with E-state index in [1.165, 1.54) is 6.92 Å². The topological polar surface area (TPSA) is 20.2 Å². The first-order valence-corrected chi connectivity index (χ1v) is 3.50. The zero-order valence-corrected chi connectivity index (χ0v) is 7.51. The van der Waals surface area contributed by atoms with Crippen molar-refractivity contribution in [3.63, 3.8) is 0 Å². The van der Waals surface area contributed by atoms with Gasteiger partial charge in [0.25, 0.3) is 0 Å². The highest BCUT2D eigenvalue weighted by Crippen LogP contribution is 1.89. The highest BCUT2D eigenvalue weighted by atomic mass is 35.5. The third kappa shape index (κ3) is 693. The molecule has 0 aromatic rings. The fourth-order valence-electron chi connectivity index (χ4n) is 0. The Balaban J connectivity index is -0.0000000646. The van der Waals surface area contributed by atoms with Crippen LogP contribution in [-0.2, 0) is 0 Å². The minimum atomic E-state index is -1.19. The van der Waals surface area contributed by atoms with Crippen molar-refractivity contribution in [3.05, 3.63) is 0 Å². The number of aliphatic hydroxyl groups excluding tert-OH is 1. The van der Waals surface area contributed by atoms with E-state index in [1.54, 1.807) is 0 Å². The molecule has 60 valence electrons. The summed E-state index contributed by atoms with van der Waals surface area (Å²) in [5, 5.41) is 7.19. The third-order valence-corrected chi connectivity index (χ3v) is 0. The molecule has 1 nitrogen and oxygen atoms in total. The average Bonchev–Trinajstić information content (AvgIpc) is 1.71. The standard InChI is InChI=1S/C2H4ClF.CH2Cl2.CH4O/c1-2(3)4;2-1-3;1-2/h2H,1H3;1H2;2H,1H3. The van der Waals surface area contributed by atoms with Gasteiger partial charge in [0.05, 0.1) is 5.34 Å². The van der Waals surface area contributed by atoms with E-state index in [0.717, 1.165) is 7.11 Å². The van der Waals surface area contributed by atoms with E-state index in [4.69, 9.17) is 28.3 Å². The van der Waals surface area contributed by atoms with Gasteiger partial charge in [0, 0.05) is 7.11 Å². The second kappa shape index (κ2) is 23.3. The molecule has 0 radical (unpaired) electrons. The molecule has 0 saturated heterocycles. The van der Waals surface area contributed by atoms with Crippen LogP contribution in [0.5, 0.6) is 0 Å². The number of alkyl halides is 4. The van der Waals surface area contributed by atoms with Crippen molar-refractivity contribution in [2.45, 2.75) is 12.6 Å². The third-order valence-electron chi connectivity index (χ3n) is 0. The molecule has 0 spiro atoms. The highest BCUT2D eigenvalue weighted by molar-refractivity contribution is 6.40. The highest BCUT2D eigenvalue weighted by Gasteiger charge is 1.77. The van der Waals surface area contributed by atoms with Crippen molar-refractivity contribution in [1.29, 1.82) is 0 Å². The normalized spacial score (nSPS) is 9.67. The molecule has 0 bridgehead atoms. The van der Waals surface area contributed by atoms with Crippen LogP contribution in [0.3, 0.4) is 0 Å². The van der Waals surface area contributed by atoms with E-state index in [0.29, 0.717) is 0 Å². The van der Waals surface area contributed by atoms with E-state index < -0.39 is 5.63 Å². The van der Waals surface area contributed by atoms with Crippen LogP contribution in [-0.4, -0.2) is 23.2 Å². The van der Waals surface area contributed by atoms with Crippen molar-refractivity contribution in [2.24, 2.45) is 0 Å². The molecule has 0 saturated carbocycles. The second-order valence-electron chi connectivity index (χ2n) is 0.620. The Bertz CT molecular complexity index is 27.0. The van der Waals surface area contributed by atoms with E-state index >= 15 is 0 Å². The maximum Gasteiger partial charge on any atom is 0.170 e. The maximum absolute atomic E-state index is 10.8. The van der Waals surface area contributed by atoms with Gasteiger partial charge >= 0.3 is 0 Å². The number of hydrogen-bond donors (Lipinski definition) is 1. The zero-order valence-electron chi connectivity index (χ0n) is 5.24. The lowest BCUT2D eigenvalue weighted by molar-refractivity contribution is 0.399. The van der Waals surface area contributed by atoms with Gasteiger partial charge in [-0.15, -0.1) is 23.2 Å². The van der Waals surface area contributed by atoms with Gasteiger partial charge in [0.1, 0.15) is 0 Å². The Morgan fingerprint density at radius 3 is 1.44 bits per heavy atom. The van der Waals surface area contributed by atoms with Gasteiger partial charge in [0.15, 0.2) is 5.63 Å². The number of halogens is 4. The van der Waals surface area contributed by atoms with Crippen LogP contribution in [0.4, 0.5) is 4.39 Å². The molecule has 0 aromatic heterocycles. The molecule has 1 atom stereocenters. The van der Waals surface area contributed by atoms with Crippen molar-refractivity contribution in [3.8, 4) is 0 Å². The fourth-order valence-corrected chi connectivity index (χ4v) is 0. The van der Waals surface area contributed by atoms with E-state index in [1.807, 2.05) is 0 Å². The van der Waals surface area contributed by atoms with Gasteiger partial charge < -0.3 is 5.11 Å². The van der Waals surface area contributed by atoms with Crippen molar-refractivity contribution >= 4 is 34.8 Å². The first kappa shape index (κ1) is 16.4. The second-order valence-corrected chi connectivity index (χ2v) is 2.03. The summed E-state index contributed by atoms with van der Waals surface area (Å²) in [6, 6.07) is 0. The van der Waals surface area contributed by atoms with Crippen molar-refractivity contribution in [1.82, 2.24) is 0 Å². The Morgan fingerprint density at radius 2 is 1.44 bits per heavy atom. The zero-order chi connectivity index (χ0) is 8.28. The molecule has 0 heterocycles. The summed E-state index contributed by atoms with van der Waals surface area (Å²) in [6.07, 6.45) is 0. The molecule has 0 aromatic carbocycles. The van der Waals surface area contributed by atoms with Crippen molar-refractivity contribution in [2.75, 3.05) is 12.4 Å². The molecular formula is C4H10Cl3FO. The van der Waals surface area contributed by atoms with Gasteiger partial charge in [-0.1, -0.05) is 11.6 Å². The smallest absolute Gasteiger partial charge is 0.170 e. The molecule has 1 N–H and O–H groups in total. The molecule has 9 heavy (non-hydrogen) atoms. The van der Waals surface area contributed by atoms with Crippen LogP contribution in [0, 0.1) is 0 Å². The summed E-state index contributed by atoms with van der Waals surface area (Å²) >= 11 is 14.1. The largest absolute Gasteiger partial charge is 0.400 e. The lowest BCUT2D eigenvalue weighted by Crippen LogP contribution is -1.66. The molecule has 0 amide bonds. The number of aliphatic hydroxyl groups is 1. The number of hydrogen-bond acceptors (Lipinski definition) is 1. The molecule has 1 unspecified atom stereocenters. The first-order chi connectivity index (χ1) is 4.15. The number of rotatable bonds is 0. The van der Waals surface area contributed by atoms with Crippen molar-refractivity contribution < 1.29 is 9.50 Å². The maximum atomic E-state index is 10.8. The van der Waals surface area contributed by atoms with Gasteiger partial charge in [-0.25, -0.2) is 4.39 Å². The Morgan fingerprint density at radius 1 is 1.44 bits per heavy atom. The summed E-state index contributed by atoms with van der Waals surface area (Å²) < 4.78 is 10.8. The van der Waals surface area contributed by atoms with Crippen LogP contribution in [0.25, 0.3) is 0 Å². The lowest BCUT2D eigenvalue weighted by atomic mass is 10.9. The molecule has 0 aliphatic rings. The van der Waals surface area contributed by atoms with Gasteiger partial charge in [-0.2, -0.15) is 0 Å². The van der Waals surface area contributed by atoms with Gasteiger partial charge in [-0.05, 0) is 6.92 Å². The monoisotopic (exact) mass is 198 g/mol. The van der Waals surface area contributed by atoms with Gasteiger partial charge in [0.2, 0.25) is 0 Å². The van der Waals surface area contributed by atoms with Crippen LogP contribution in [0.2, 0.25) is 0 Å². The Labute approximate surface area is 69.7 Å². The van der Waals surface area contributed by atoms with E-state index in [9.17, 15) is 4.39 Å². The first-order valence-electron chi connectivity index (χ1n) is 2.00. The van der Waals surface area contributed by atoms with Crippen LogP contribution >= 0.6 is 34.8 Å². The van der Waals surface area contributed by atoms with Crippen LogP contribution < -0.4 is 0 Å². The molecule has 0 aliphatic carbocycles. The summed E-state index contributed by atoms with van der Waals surface area (Å²) in [6.45, 7) is 1.27. The quantitative estimate of drug-likeness (QED) is 0.595. The van der Waals surface area contributed by atoms with Gasteiger partial charge in [-0.3, -0.25) is 0 Å². The summed E-state index contributed by atoms with van der Waals surface area (Å²) in [4.78, 5) is 0. The lowest BCUT2D eigenvalue weighted by Gasteiger charge is -1.71. The summed E-state index contributed by atoms with van der Waals surface area (Å²) in [7, 11) is 1.00. The molecule has 5 heteroatoms. The van der Waals surface area contributed by atoms with E-state index in [-0.39, 0.29) is 5.34 Å². The average molecular weight is 199 g/mol. The fraction of sp³-hybridized carbons (Fsp3) is 1.00. The van der Waals surface area contributed by atoms with Crippen LogP contribution in [0.15, 0.2) is 0 Å². The minimum absolute atomic E-state index is 0.194. The SMILES string of the molecule is CC(F)Cl.CO.ClCCl. The Kier molecular flexibility index (Phi) is 42.4. The van der Waals surface area contributed by atoms with E-state index in [2.05, 4.69) is 11.6 Å². The Hall–Kier alpha value is 0.760. The molecule has 0 fully saturated rings. The molecule has 0 rings (SSSR count). The molecular weight excluding hydrogens is 189 g/mol. The van der Waals surface area contributed by atoms with Crippen LogP contribution in [0.1, 0.15) is 6.92 Å². The summed E-state index contributed by atoms with van der Waals surface area (Å²) in [5.41, 5.74) is -1.19. The predicted octanol–water partition coefficient (Wildman–Crippen LogP) is 2.57.